The lowest BCUT2D eigenvalue weighted by molar-refractivity contribution is -0.605. The Morgan fingerprint density at radius 1 is 1.20 bits per heavy atom. The van der Waals surface area contributed by atoms with E-state index in [2.05, 4.69) is 0 Å². The van der Waals surface area contributed by atoms with Gasteiger partial charge in [0.15, 0.2) is 12.4 Å². The molecule has 1 aliphatic heterocycles. The normalized spacial score (nSPS) is 19.5. The van der Waals surface area contributed by atoms with Crippen LogP contribution < -0.4 is 4.73 Å². The van der Waals surface area contributed by atoms with Crippen molar-refractivity contribution in [3.8, 4) is 0 Å². The molecular weight excluding hydrogens is 322 g/mol. The Morgan fingerprint density at radius 2 is 1.84 bits per heavy atom. The largest absolute Gasteiger partial charge is 0.619 e. The van der Waals surface area contributed by atoms with Crippen molar-refractivity contribution in [2.75, 3.05) is 19.6 Å². The smallest absolute Gasteiger partial charge is 0.410 e. The van der Waals surface area contributed by atoms with Gasteiger partial charge < -0.3 is 19.7 Å². The summed E-state index contributed by atoms with van der Waals surface area (Å²) in [5.74, 6) is -0.0795. The average Bonchev–Trinajstić information content (AvgIpc) is 2.51. The lowest BCUT2D eigenvalue weighted by Crippen LogP contribution is -2.67. The van der Waals surface area contributed by atoms with E-state index >= 15 is 0 Å². The molecule has 1 aliphatic carbocycles. The van der Waals surface area contributed by atoms with Gasteiger partial charge in [0.25, 0.3) is 5.91 Å². The quantitative estimate of drug-likeness (QED) is 0.575. The second kappa shape index (κ2) is 6.20. The van der Waals surface area contributed by atoms with E-state index in [-0.39, 0.29) is 17.5 Å². The van der Waals surface area contributed by atoms with E-state index in [4.69, 9.17) is 4.74 Å². The molecule has 25 heavy (non-hydrogen) atoms. The molecule has 0 unspecified atom stereocenters. The third-order valence-electron chi connectivity index (χ3n) is 4.88. The number of aromatic nitrogens is 1. The van der Waals surface area contributed by atoms with Gasteiger partial charge in [-0.2, -0.15) is 4.73 Å². The van der Waals surface area contributed by atoms with Gasteiger partial charge in [-0.1, -0.05) is 0 Å². The minimum Gasteiger partial charge on any atom is -0.619 e. The molecule has 2 heterocycles. The highest BCUT2D eigenvalue weighted by Crippen LogP contribution is 2.41. The fourth-order valence-electron chi connectivity index (χ4n) is 3.50. The summed E-state index contributed by atoms with van der Waals surface area (Å²) >= 11 is 0. The van der Waals surface area contributed by atoms with E-state index in [0.29, 0.717) is 29.9 Å². The summed E-state index contributed by atoms with van der Waals surface area (Å²) in [6, 6.07) is 3.09. The zero-order chi connectivity index (χ0) is 18.2. The van der Waals surface area contributed by atoms with E-state index in [1.54, 1.807) is 17.0 Å². The number of carbonyl (C=O) groups excluding carboxylic acids is 2. The number of hydrogen-bond acceptors (Lipinski definition) is 4. The molecule has 1 saturated heterocycles. The average molecular weight is 347 g/mol. The molecule has 1 spiro atoms. The first kappa shape index (κ1) is 17.5. The van der Waals surface area contributed by atoms with Crippen LogP contribution in [0.1, 0.15) is 50.4 Å². The summed E-state index contributed by atoms with van der Waals surface area (Å²) in [7, 11) is 0. The molecule has 7 heteroatoms. The van der Waals surface area contributed by atoms with Gasteiger partial charge in [-0.3, -0.25) is 4.79 Å². The van der Waals surface area contributed by atoms with Crippen LogP contribution in [0, 0.1) is 5.21 Å². The minimum absolute atomic E-state index is 0.0795. The summed E-state index contributed by atoms with van der Waals surface area (Å²) in [4.78, 5) is 28.9. The Labute approximate surface area is 147 Å². The molecule has 1 aromatic heterocycles. The van der Waals surface area contributed by atoms with E-state index in [0.717, 1.165) is 19.3 Å². The molecule has 2 amide bonds. The molecule has 7 nitrogen and oxygen atoms in total. The molecule has 1 saturated carbocycles. The van der Waals surface area contributed by atoms with Crippen molar-refractivity contribution >= 4 is 12.0 Å². The van der Waals surface area contributed by atoms with Crippen molar-refractivity contribution in [1.29, 1.82) is 0 Å². The lowest BCUT2D eigenvalue weighted by Gasteiger charge is -2.55. The molecule has 2 fully saturated rings. The summed E-state index contributed by atoms with van der Waals surface area (Å²) in [5.41, 5.74) is -0.339. The van der Waals surface area contributed by atoms with Crippen LogP contribution in [-0.2, 0) is 4.74 Å². The van der Waals surface area contributed by atoms with Gasteiger partial charge in [0, 0.05) is 31.8 Å². The Morgan fingerprint density at radius 3 is 2.36 bits per heavy atom. The van der Waals surface area contributed by atoms with Crippen molar-refractivity contribution in [1.82, 2.24) is 9.80 Å². The van der Waals surface area contributed by atoms with Crippen LogP contribution in [0.3, 0.4) is 0 Å². The first-order valence-corrected chi connectivity index (χ1v) is 8.69. The highest BCUT2D eigenvalue weighted by molar-refractivity contribution is 5.94. The monoisotopic (exact) mass is 347 g/mol. The Balaban J connectivity index is 1.74. The van der Waals surface area contributed by atoms with Crippen LogP contribution in [-0.4, -0.2) is 52.6 Å². The Hall–Kier alpha value is -2.31. The van der Waals surface area contributed by atoms with Gasteiger partial charge >= 0.3 is 6.09 Å². The Bertz CT molecular complexity index is 662. The predicted octanol–water partition coefficient (Wildman–Crippen LogP) is 1.94. The van der Waals surface area contributed by atoms with Crippen LogP contribution >= 0.6 is 0 Å². The summed E-state index contributed by atoms with van der Waals surface area (Å²) in [6.07, 6.45) is 5.15. The standard InChI is InChI=1S/C18H25N3O4/c1-17(2,3)25-16(23)19-11-12-21(18(13-19)7-4-8-18)15(22)14-5-9-20(24)10-6-14/h5-6,9-10H,4,7-8,11-13H2,1-3H3. The number of nitrogens with zero attached hydrogens (tertiary/aromatic N) is 3. The molecular formula is C18H25N3O4. The first-order valence-electron chi connectivity index (χ1n) is 8.69. The maximum atomic E-state index is 12.9. The van der Waals surface area contributed by atoms with Crippen LogP contribution in [0.5, 0.6) is 0 Å². The van der Waals surface area contributed by atoms with Crippen LogP contribution in [0.4, 0.5) is 4.79 Å². The zero-order valence-electron chi connectivity index (χ0n) is 15.0. The predicted molar refractivity (Wildman–Crippen MR) is 90.8 cm³/mol. The SMILES string of the molecule is CC(C)(C)OC(=O)N1CCN(C(=O)c2cc[n+]([O-])cc2)C2(CCC2)C1. The van der Waals surface area contributed by atoms with Crippen molar-refractivity contribution in [2.24, 2.45) is 0 Å². The molecule has 0 bridgehead atoms. The van der Waals surface area contributed by atoms with Gasteiger partial charge in [-0.25, -0.2) is 4.79 Å². The molecule has 2 aliphatic rings. The molecule has 3 rings (SSSR count). The van der Waals surface area contributed by atoms with Gasteiger partial charge in [0.05, 0.1) is 11.1 Å². The zero-order valence-corrected chi connectivity index (χ0v) is 15.0. The lowest BCUT2D eigenvalue weighted by atomic mass is 9.73. The van der Waals surface area contributed by atoms with Crippen LogP contribution in [0.15, 0.2) is 24.5 Å². The third-order valence-corrected chi connectivity index (χ3v) is 4.88. The Kier molecular flexibility index (Phi) is 4.34. The molecule has 0 N–H and O–H groups in total. The summed E-state index contributed by atoms with van der Waals surface area (Å²) < 4.78 is 6.14. The van der Waals surface area contributed by atoms with Crippen LogP contribution in [0.2, 0.25) is 0 Å². The van der Waals surface area contributed by atoms with Gasteiger partial charge in [-0.15, -0.1) is 0 Å². The van der Waals surface area contributed by atoms with Crippen molar-refractivity contribution < 1.29 is 19.1 Å². The van der Waals surface area contributed by atoms with E-state index in [1.165, 1.54) is 12.4 Å². The topological polar surface area (TPSA) is 76.8 Å². The summed E-state index contributed by atoms with van der Waals surface area (Å²) in [6.45, 7) is 6.98. The highest BCUT2D eigenvalue weighted by Gasteiger charge is 2.49. The van der Waals surface area contributed by atoms with Crippen molar-refractivity contribution in [3.63, 3.8) is 0 Å². The third kappa shape index (κ3) is 3.55. The second-order valence-electron chi connectivity index (χ2n) is 7.88. The van der Waals surface area contributed by atoms with E-state index < -0.39 is 5.60 Å². The maximum Gasteiger partial charge on any atom is 0.410 e. The van der Waals surface area contributed by atoms with Crippen LogP contribution in [0.25, 0.3) is 0 Å². The molecule has 1 aromatic rings. The fourth-order valence-corrected chi connectivity index (χ4v) is 3.50. The van der Waals surface area contributed by atoms with Crippen molar-refractivity contribution in [2.45, 2.75) is 51.2 Å². The number of rotatable bonds is 1. The van der Waals surface area contributed by atoms with Gasteiger partial charge in [0.1, 0.15) is 5.60 Å². The van der Waals surface area contributed by atoms with E-state index in [9.17, 15) is 14.8 Å². The number of carbonyl (C=O) groups is 2. The number of amides is 2. The van der Waals surface area contributed by atoms with Gasteiger partial charge in [0.2, 0.25) is 0 Å². The summed E-state index contributed by atoms with van der Waals surface area (Å²) in [5, 5.41) is 11.2. The van der Waals surface area contributed by atoms with Crippen molar-refractivity contribution in [3.05, 3.63) is 35.3 Å². The number of ether oxygens (including phenoxy) is 1. The molecule has 0 atom stereocenters. The highest BCUT2D eigenvalue weighted by atomic mass is 16.6. The molecule has 0 aromatic carbocycles. The number of hydrogen-bond donors (Lipinski definition) is 0. The molecule has 0 radical (unpaired) electrons. The number of piperazine rings is 1. The molecule has 136 valence electrons. The number of pyridine rings is 1. The minimum atomic E-state index is -0.533. The maximum absolute atomic E-state index is 12.9. The van der Waals surface area contributed by atoms with E-state index in [1.807, 2.05) is 25.7 Å². The second-order valence-corrected chi connectivity index (χ2v) is 7.88. The first-order chi connectivity index (χ1) is 11.7. The van der Waals surface area contributed by atoms with Gasteiger partial charge in [-0.05, 0) is 40.0 Å². The fraction of sp³-hybridized carbons (Fsp3) is 0.611.